The second kappa shape index (κ2) is 5.16. The molecule has 1 atom stereocenters. The summed E-state index contributed by atoms with van der Waals surface area (Å²) in [6, 6.07) is 0. The zero-order valence-electron chi connectivity index (χ0n) is 6.53. The highest BCUT2D eigenvalue weighted by Gasteiger charge is 2.13. The molecule has 0 saturated heterocycles. The molecule has 5 nitrogen and oxygen atoms in total. The van der Waals surface area contributed by atoms with Gasteiger partial charge in [-0.15, -0.1) is 0 Å². The lowest BCUT2D eigenvalue weighted by Gasteiger charge is -2.24. The Kier molecular flexibility index (Phi) is 6.23. The first-order valence-electron chi connectivity index (χ1n) is 2.70. The van der Waals surface area contributed by atoms with E-state index < -0.39 is 5.85 Å². The zero-order valence-corrected chi connectivity index (χ0v) is 6.53. The first-order chi connectivity index (χ1) is 4.36. The van der Waals surface area contributed by atoms with Gasteiger partial charge in [0.25, 0.3) is 0 Å². The molecule has 0 aromatic rings. The minimum atomic E-state index is -1.17. The van der Waals surface area contributed by atoms with Crippen molar-refractivity contribution in [1.82, 2.24) is 4.90 Å². The van der Waals surface area contributed by atoms with Crippen LogP contribution in [-0.4, -0.2) is 36.4 Å². The first kappa shape index (κ1) is 12.1. The molecule has 0 aromatic heterocycles. The predicted molar refractivity (Wildman–Crippen MR) is 38.7 cm³/mol. The normalized spacial score (nSPS) is 15.0. The number of nitrogens with zero attached hydrogens (tertiary/aromatic N) is 1. The van der Waals surface area contributed by atoms with Gasteiger partial charge >= 0.3 is 0 Å². The molecule has 10 heavy (non-hydrogen) atoms. The largest absolute Gasteiger partial charge is 0.372 e. The third-order valence-electron chi connectivity index (χ3n) is 0.905. The molecule has 0 heterocycles. The molecular weight excluding hydrogens is 134 g/mol. The van der Waals surface area contributed by atoms with Crippen LogP contribution in [0, 0.1) is 0 Å². The lowest BCUT2D eigenvalue weighted by atomic mass is 10.5. The number of carbonyl (C=O) groups excluding carboxylic acids is 1. The van der Waals surface area contributed by atoms with Crippen LogP contribution < -0.4 is 11.5 Å². The summed E-state index contributed by atoms with van der Waals surface area (Å²) in [5.41, 5.74) is 9.33. The smallest absolute Gasteiger partial charge is 0.204 e. The van der Waals surface area contributed by atoms with Crippen molar-refractivity contribution in [1.29, 1.82) is 0 Å². The second-order valence-electron chi connectivity index (χ2n) is 2.12. The van der Waals surface area contributed by atoms with Crippen molar-refractivity contribution in [2.45, 2.75) is 12.8 Å². The van der Waals surface area contributed by atoms with Gasteiger partial charge in [-0.25, -0.2) is 0 Å². The summed E-state index contributed by atoms with van der Waals surface area (Å²) in [5, 5.41) is 8.80. The van der Waals surface area contributed by atoms with Gasteiger partial charge in [0, 0.05) is 0 Å². The average molecular weight is 149 g/mol. The Balaban J connectivity index is 0. The van der Waals surface area contributed by atoms with Crippen LogP contribution in [-0.2, 0) is 4.79 Å². The van der Waals surface area contributed by atoms with Crippen molar-refractivity contribution in [3.63, 3.8) is 0 Å². The number of carbonyl (C=O) groups is 1. The highest BCUT2D eigenvalue weighted by atomic mass is 16.3. The van der Waals surface area contributed by atoms with Gasteiger partial charge < -0.3 is 10.8 Å². The topological polar surface area (TPSA) is 92.6 Å². The van der Waals surface area contributed by atoms with Crippen LogP contribution in [0.3, 0.4) is 0 Å². The molecule has 62 valence electrons. The van der Waals surface area contributed by atoms with Gasteiger partial charge in [-0.05, 0) is 21.0 Å². The predicted octanol–water partition coefficient (Wildman–Crippen LogP) is -1.73. The number of hydrogen-bond acceptors (Lipinski definition) is 4. The maximum absolute atomic E-state index is 8.80. The molecule has 5 N–H and O–H groups in total. The summed E-state index contributed by atoms with van der Waals surface area (Å²) in [5.74, 6) is -1.17. The monoisotopic (exact) mass is 149 g/mol. The minimum absolute atomic E-state index is 0.250. The number of rotatable bonds is 1. The molecule has 0 spiro atoms. The van der Waals surface area contributed by atoms with E-state index >= 15 is 0 Å². The zero-order chi connectivity index (χ0) is 8.78. The maximum atomic E-state index is 8.80. The fourth-order valence-corrected chi connectivity index (χ4v) is 0. The van der Waals surface area contributed by atoms with E-state index in [1.165, 1.54) is 11.8 Å². The van der Waals surface area contributed by atoms with Crippen LogP contribution in [0.2, 0.25) is 0 Å². The van der Waals surface area contributed by atoms with Crippen LogP contribution in [0.1, 0.15) is 6.92 Å². The number of hydrogen-bond donors (Lipinski definition) is 3. The summed E-state index contributed by atoms with van der Waals surface area (Å²) in [4.78, 5) is 10.1. The van der Waals surface area contributed by atoms with Crippen molar-refractivity contribution in [2.24, 2.45) is 11.5 Å². The number of nitrogens with two attached hydrogens (primary N) is 2. The number of aliphatic hydroxyl groups is 1. The Morgan fingerprint density at radius 2 is 1.70 bits per heavy atom. The molecule has 0 aliphatic rings. The summed E-state index contributed by atoms with van der Waals surface area (Å²) >= 11 is 0. The highest BCUT2D eigenvalue weighted by Crippen LogP contribution is 1.92. The first-order valence-corrected chi connectivity index (χ1v) is 2.70. The standard InChI is InChI=1S/C4H12N2O.CH3NO/c1-4(5,7)6(2)3;2-1-3/h7H,5H2,1-3H3;1H,(H2,2,3). The molecule has 0 aromatic carbocycles. The third-order valence-corrected chi connectivity index (χ3v) is 0.905. The average Bonchev–Trinajstić information content (AvgIpc) is 1.64. The van der Waals surface area contributed by atoms with E-state index in [0.29, 0.717) is 0 Å². The van der Waals surface area contributed by atoms with Gasteiger partial charge in [0.15, 0.2) is 5.85 Å². The van der Waals surface area contributed by atoms with Crippen molar-refractivity contribution in [3.05, 3.63) is 0 Å². The summed E-state index contributed by atoms with van der Waals surface area (Å²) in [7, 11) is 3.42. The van der Waals surface area contributed by atoms with Gasteiger partial charge in [-0.3, -0.25) is 15.4 Å². The van der Waals surface area contributed by atoms with Crippen molar-refractivity contribution in [2.75, 3.05) is 14.1 Å². The van der Waals surface area contributed by atoms with Crippen LogP contribution in [0.15, 0.2) is 0 Å². The quantitative estimate of drug-likeness (QED) is 0.305. The molecule has 0 rings (SSSR count). The van der Waals surface area contributed by atoms with Gasteiger partial charge in [0.2, 0.25) is 6.41 Å². The molecule has 0 bridgehead atoms. The van der Waals surface area contributed by atoms with Crippen LogP contribution in [0.5, 0.6) is 0 Å². The molecule has 1 amide bonds. The molecule has 0 radical (unpaired) electrons. The van der Waals surface area contributed by atoms with Crippen LogP contribution in [0.25, 0.3) is 0 Å². The molecule has 0 fully saturated rings. The Labute approximate surface area is 60.6 Å². The number of primary amides is 1. The fourth-order valence-electron chi connectivity index (χ4n) is 0. The molecule has 1 unspecified atom stereocenters. The van der Waals surface area contributed by atoms with Crippen LogP contribution in [0.4, 0.5) is 0 Å². The number of amides is 1. The Hall–Kier alpha value is -0.650. The van der Waals surface area contributed by atoms with E-state index in [1.807, 2.05) is 0 Å². The van der Waals surface area contributed by atoms with Gasteiger partial charge in [0.05, 0.1) is 0 Å². The SMILES string of the molecule is CN(C)C(C)(N)O.NC=O. The van der Waals surface area contributed by atoms with Gasteiger partial charge in [-0.1, -0.05) is 0 Å². The molecule has 0 saturated carbocycles. The molecule has 0 aliphatic heterocycles. The second-order valence-corrected chi connectivity index (χ2v) is 2.12. The van der Waals surface area contributed by atoms with Gasteiger partial charge in [0.1, 0.15) is 0 Å². The van der Waals surface area contributed by atoms with E-state index in [9.17, 15) is 0 Å². The van der Waals surface area contributed by atoms with E-state index in [-0.39, 0.29) is 6.41 Å². The summed E-state index contributed by atoms with van der Waals surface area (Å²) in [6.45, 7) is 1.52. The highest BCUT2D eigenvalue weighted by molar-refractivity contribution is 5.42. The Morgan fingerprint density at radius 3 is 1.70 bits per heavy atom. The van der Waals surface area contributed by atoms with E-state index in [2.05, 4.69) is 5.73 Å². The van der Waals surface area contributed by atoms with Crippen LogP contribution >= 0.6 is 0 Å². The Bertz CT molecular complexity index is 87.4. The van der Waals surface area contributed by atoms with Gasteiger partial charge in [-0.2, -0.15) is 0 Å². The maximum Gasteiger partial charge on any atom is 0.204 e. The molecule has 0 aliphatic carbocycles. The lowest BCUT2D eigenvalue weighted by Crippen LogP contribution is -2.49. The summed E-state index contributed by atoms with van der Waals surface area (Å²) < 4.78 is 0. The molecular formula is C5H15N3O2. The Morgan fingerprint density at radius 1 is 1.60 bits per heavy atom. The minimum Gasteiger partial charge on any atom is -0.372 e. The summed E-state index contributed by atoms with van der Waals surface area (Å²) in [6.07, 6.45) is 0.250. The van der Waals surface area contributed by atoms with Crippen molar-refractivity contribution in [3.8, 4) is 0 Å². The third kappa shape index (κ3) is 10.4. The van der Waals surface area contributed by atoms with E-state index in [4.69, 9.17) is 15.6 Å². The van der Waals surface area contributed by atoms with Crippen molar-refractivity contribution < 1.29 is 9.90 Å². The van der Waals surface area contributed by atoms with E-state index in [1.54, 1.807) is 14.1 Å². The van der Waals surface area contributed by atoms with Crippen molar-refractivity contribution >= 4 is 6.41 Å². The fraction of sp³-hybridized carbons (Fsp3) is 0.800. The molecule has 5 heteroatoms. The van der Waals surface area contributed by atoms with E-state index in [0.717, 1.165) is 0 Å². The lowest BCUT2D eigenvalue weighted by molar-refractivity contribution is -0.106.